The Bertz CT molecular complexity index is 335. The molecule has 0 bridgehead atoms. The molecule has 84 valence electrons. The normalized spacial score (nSPS) is 17.9. The van der Waals surface area contributed by atoms with Crippen molar-refractivity contribution in [2.24, 2.45) is 7.05 Å². The van der Waals surface area contributed by atoms with Gasteiger partial charge < -0.3 is 10.6 Å². The standard InChI is InChI=1S/C11H20N4/c1-9-10(12)11(14(2)13-9)15-7-5-3-4-6-8-15/h3-8,12H2,1-2H3. The van der Waals surface area contributed by atoms with Gasteiger partial charge in [-0.3, -0.25) is 4.68 Å². The van der Waals surface area contributed by atoms with Gasteiger partial charge in [-0.15, -0.1) is 0 Å². The van der Waals surface area contributed by atoms with Crippen LogP contribution in [0.2, 0.25) is 0 Å². The minimum Gasteiger partial charge on any atom is -0.394 e. The Morgan fingerprint density at radius 2 is 1.73 bits per heavy atom. The average molecular weight is 208 g/mol. The van der Waals surface area contributed by atoms with Gasteiger partial charge in [0.05, 0.1) is 11.4 Å². The van der Waals surface area contributed by atoms with E-state index in [1.54, 1.807) is 0 Å². The number of aryl methyl sites for hydroxylation is 2. The van der Waals surface area contributed by atoms with Crippen LogP contribution in [-0.4, -0.2) is 22.9 Å². The summed E-state index contributed by atoms with van der Waals surface area (Å²) in [6, 6.07) is 0. The molecular weight excluding hydrogens is 188 g/mol. The monoisotopic (exact) mass is 208 g/mol. The molecule has 15 heavy (non-hydrogen) atoms. The first-order valence-corrected chi connectivity index (χ1v) is 5.74. The molecule has 0 radical (unpaired) electrons. The van der Waals surface area contributed by atoms with Crippen LogP contribution in [0, 0.1) is 6.92 Å². The van der Waals surface area contributed by atoms with E-state index >= 15 is 0 Å². The van der Waals surface area contributed by atoms with Crippen molar-refractivity contribution in [1.29, 1.82) is 0 Å². The van der Waals surface area contributed by atoms with Gasteiger partial charge >= 0.3 is 0 Å². The largest absolute Gasteiger partial charge is 0.394 e. The summed E-state index contributed by atoms with van der Waals surface area (Å²) in [5, 5.41) is 4.37. The maximum absolute atomic E-state index is 6.06. The Morgan fingerprint density at radius 1 is 1.13 bits per heavy atom. The molecule has 0 aromatic carbocycles. The molecule has 0 atom stereocenters. The van der Waals surface area contributed by atoms with Crippen LogP contribution in [-0.2, 0) is 7.05 Å². The van der Waals surface area contributed by atoms with Crippen LogP contribution in [0.3, 0.4) is 0 Å². The second kappa shape index (κ2) is 4.13. The van der Waals surface area contributed by atoms with Gasteiger partial charge in [-0.1, -0.05) is 12.8 Å². The van der Waals surface area contributed by atoms with Gasteiger partial charge in [0.2, 0.25) is 0 Å². The average Bonchev–Trinajstić information content (AvgIpc) is 2.46. The summed E-state index contributed by atoms with van der Waals surface area (Å²) in [6.45, 7) is 4.20. The Morgan fingerprint density at radius 3 is 2.20 bits per heavy atom. The van der Waals surface area contributed by atoms with E-state index in [0.717, 1.165) is 30.3 Å². The second-order valence-corrected chi connectivity index (χ2v) is 4.35. The number of rotatable bonds is 1. The zero-order chi connectivity index (χ0) is 10.8. The molecule has 4 heteroatoms. The molecule has 0 saturated carbocycles. The first-order chi connectivity index (χ1) is 7.20. The molecule has 2 rings (SSSR count). The summed E-state index contributed by atoms with van der Waals surface area (Å²) in [5.41, 5.74) is 7.85. The van der Waals surface area contributed by atoms with Gasteiger partial charge in [-0.05, 0) is 19.8 Å². The highest BCUT2D eigenvalue weighted by Gasteiger charge is 2.18. The fraction of sp³-hybridized carbons (Fsp3) is 0.727. The Hall–Kier alpha value is -1.19. The number of hydrogen-bond donors (Lipinski definition) is 1. The van der Waals surface area contributed by atoms with Crippen molar-refractivity contribution in [3.8, 4) is 0 Å². The highest BCUT2D eigenvalue weighted by Crippen LogP contribution is 2.27. The summed E-state index contributed by atoms with van der Waals surface area (Å²) in [7, 11) is 1.98. The number of nitrogen functional groups attached to an aromatic ring is 1. The molecule has 4 nitrogen and oxygen atoms in total. The van der Waals surface area contributed by atoms with E-state index < -0.39 is 0 Å². The predicted octanol–water partition coefficient (Wildman–Crippen LogP) is 1.69. The molecule has 0 amide bonds. The van der Waals surface area contributed by atoms with Crippen LogP contribution in [0.25, 0.3) is 0 Å². The van der Waals surface area contributed by atoms with E-state index in [-0.39, 0.29) is 0 Å². The van der Waals surface area contributed by atoms with E-state index in [1.807, 2.05) is 18.7 Å². The minimum absolute atomic E-state index is 0.847. The van der Waals surface area contributed by atoms with Crippen LogP contribution in [0.5, 0.6) is 0 Å². The lowest BCUT2D eigenvalue weighted by Crippen LogP contribution is -2.26. The van der Waals surface area contributed by atoms with Crippen LogP contribution in [0.4, 0.5) is 11.5 Å². The van der Waals surface area contributed by atoms with Crippen molar-refractivity contribution in [3.63, 3.8) is 0 Å². The zero-order valence-electron chi connectivity index (χ0n) is 9.66. The van der Waals surface area contributed by atoms with Crippen LogP contribution in [0.1, 0.15) is 31.4 Å². The van der Waals surface area contributed by atoms with Gasteiger partial charge in [-0.2, -0.15) is 5.10 Å². The number of hydrogen-bond acceptors (Lipinski definition) is 3. The lowest BCUT2D eigenvalue weighted by atomic mass is 10.2. The van der Waals surface area contributed by atoms with E-state index in [1.165, 1.54) is 25.7 Å². The first kappa shape index (κ1) is 10.3. The third kappa shape index (κ3) is 1.94. The molecule has 1 fully saturated rings. The predicted molar refractivity (Wildman–Crippen MR) is 63.0 cm³/mol. The quantitative estimate of drug-likeness (QED) is 0.764. The third-order valence-corrected chi connectivity index (χ3v) is 3.14. The Labute approximate surface area is 91.1 Å². The van der Waals surface area contributed by atoms with Crippen molar-refractivity contribution >= 4 is 11.5 Å². The van der Waals surface area contributed by atoms with Crippen LogP contribution in [0.15, 0.2) is 0 Å². The van der Waals surface area contributed by atoms with Gasteiger partial charge in [0.1, 0.15) is 5.82 Å². The van der Waals surface area contributed by atoms with E-state index in [4.69, 9.17) is 5.73 Å². The number of aromatic nitrogens is 2. The van der Waals surface area contributed by atoms with Gasteiger partial charge in [0, 0.05) is 20.1 Å². The topological polar surface area (TPSA) is 47.1 Å². The SMILES string of the molecule is Cc1nn(C)c(N2CCCCCC2)c1N. The fourth-order valence-electron chi connectivity index (χ4n) is 2.32. The highest BCUT2D eigenvalue weighted by molar-refractivity contribution is 5.66. The lowest BCUT2D eigenvalue weighted by Gasteiger charge is -2.22. The van der Waals surface area contributed by atoms with E-state index in [9.17, 15) is 0 Å². The third-order valence-electron chi connectivity index (χ3n) is 3.14. The lowest BCUT2D eigenvalue weighted by molar-refractivity contribution is 0.698. The van der Waals surface area contributed by atoms with Crippen LogP contribution >= 0.6 is 0 Å². The smallest absolute Gasteiger partial charge is 0.150 e. The first-order valence-electron chi connectivity index (χ1n) is 5.74. The van der Waals surface area contributed by atoms with E-state index in [0.29, 0.717) is 0 Å². The summed E-state index contributed by atoms with van der Waals surface area (Å²) < 4.78 is 1.91. The van der Waals surface area contributed by atoms with Crippen molar-refractivity contribution in [3.05, 3.63) is 5.69 Å². The summed E-state index contributed by atoms with van der Waals surface area (Å²) in [6.07, 6.45) is 5.22. The number of nitrogens with two attached hydrogens (primary N) is 1. The Kier molecular flexibility index (Phi) is 2.84. The fourth-order valence-corrected chi connectivity index (χ4v) is 2.32. The van der Waals surface area contributed by atoms with Crippen molar-refractivity contribution < 1.29 is 0 Å². The number of anilines is 2. The zero-order valence-corrected chi connectivity index (χ0v) is 9.66. The maximum atomic E-state index is 6.06. The van der Waals surface area contributed by atoms with Crippen LogP contribution < -0.4 is 10.6 Å². The minimum atomic E-state index is 0.847. The maximum Gasteiger partial charge on any atom is 0.150 e. The molecule has 1 aromatic rings. The molecule has 0 spiro atoms. The van der Waals surface area contributed by atoms with E-state index in [2.05, 4.69) is 10.00 Å². The molecule has 2 heterocycles. The number of nitrogens with zero attached hydrogens (tertiary/aromatic N) is 3. The molecule has 2 N–H and O–H groups in total. The molecule has 0 aliphatic carbocycles. The molecular formula is C11H20N4. The summed E-state index contributed by atoms with van der Waals surface area (Å²) in [4.78, 5) is 2.38. The summed E-state index contributed by atoms with van der Waals surface area (Å²) in [5.74, 6) is 1.11. The van der Waals surface area contributed by atoms with Crippen molar-refractivity contribution in [2.75, 3.05) is 23.7 Å². The Balaban J connectivity index is 2.26. The van der Waals surface area contributed by atoms with Crippen molar-refractivity contribution in [2.45, 2.75) is 32.6 Å². The molecule has 1 aliphatic heterocycles. The molecule has 1 aliphatic rings. The van der Waals surface area contributed by atoms with Gasteiger partial charge in [0.25, 0.3) is 0 Å². The highest BCUT2D eigenvalue weighted by atomic mass is 15.4. The van der Waals surface area contributed by atoms with Gasteiger partial charge in [-0.25, -0.2) is 0 Å². The van der Waals surface area contributed by atoms with Crippen molar-refractivity contribution in [1.82, 2.24) is 9.78 Å². The molecule has 1 aromatic heterocycles. The molecule has 0 unspecified atom stereocenters. The molecule has 1 saturated heterocycles. The summed E-state index contributed by atoms with van der Waals surface area (Å²) >= 11 is 0. The second-order valence-electron chi connectivity index (χ2n) is 4.35. The van der Waals surface area contributed by atoms with Gasteiger partial charge in [0.15, 0.2) is 0 Å².